The molecule has 124 valence electrons. The molecule has 0 atom stereocenters. The number of hydrogen-bond acceptors (Lipinski definition) is 4. The second-order valence-electron chi connectivity index (χ2n) is 6.25. The van der Waals surface area contributed by atoms with Crippen molar-refractivity contribution >= 4 is 11.6 Å². The molecule has 0 saturated carbocycles. The van der Waals surface area contributed by atoms with E-state index in [1.165, 1.54) is 0 Å². The van der Waals surface area contributed by atoms with E-state index in [-0.39, 0.29) is 12.2 Å². The first kappa shape index (κ1) is 17.4. The highest BCUT2D eigenvalue weighted by atomic mass is 35.5. The molecule has 1 aromatic rings. The van der Waals surface area contributed by atoms with Gasteiger partial charge >= 0.3 is 0 Å². The van der Waals surface area contributed by atoms with Crippen molar-refractivity contribution in [3.8, 4) is 11.5 Å². The Balaban J connectivity index is 2.24. The molecule has 0 aliphatic carbocycles. The quantitative estimate of drug-likeness (QED) is 0.869. The summed E-state index contributed by atoms with van der Waals surface area (Å²) >= 11 is 6.34. The summed E-state index contributed by atoms with van der Waals surface area (Å²) in [7, 11) is 0. The number of ether oxygens (including phenoxy) is 2. The van der Waals surface area contributed by atoms with E-state index in [0.717, 1.165) is 49.8 Å². The van der Waals surface area contributed by atoms with Gasteiger partial charge in [0.15, 0.2) is 0 Å². The van der Waals surface area contributed by atoms with Crippen molar-refractivity contribution in [1.29, 1.82) is 0 Å². The highest BCUT2D eigenvalue weighted by molar-refractivity contribution is 6.32. The van der Waals surface area contributed by atoms with Crippen LogP contribution in [0.15, 0.2) is 12.1 Å². The summed E-state index contributed by atoms with van der Waals surface area (Å²) in [6, 6.07) is 3.92. The molecule has 2 rings (SSSR count). The predicted octanol–water partition coefficient (Wildman–Crippen LogP) is 3.32. The molecule has 22 heavy (non-hydrogen) atoms. The van der Waals surface area contributed by atoms with Crippen LogP contribution < -0.4 is 14.8 Å². The van der Waals surface area contributed by atoms with Gasteiger partial charge in [-0.05, 0) is 33.8 Å². The first-order chi connectivity index (χ1) is 10.5. The van der Waals surface area contributed by atoms with Gasteiger partial charge in [0, 0.05) is 44.4 Å². The van der Waals surface area contributed by atoms with Gasteiger partial charge in [0.2, 0.25) is 0 Å². The van der Waals surface area contributed by atoms with Crippen LogP contribution in [0.3, 0.4) is 0 Å². The molecule has 5 heteroatoms. The largest absolute Gasteiger partial charge is 0.491 e. The van der Waals surface area contributed by atoms with Gasteiger partial charge in [0.25, 0.3) is 0 Å². The Morgan fingerprint density at radius 1 is 1.05 bits per heavy atom. The number of rotatable bonds is 6. The SMILES string of the molecule is CC(C)Oc1cc(CN2CCNCC2)c(OC(C)C)cc1Cl. The smallest absolute Gasteiger partial charge is 0.138 e. The molecular weight excluding hydrogens is 300 g/mol. The van der Waals surface area contributed by atoms with Crippen LogP contribution in [-0.4, -0.2) is 43.3 Å². The van der Waals surface area contributed by atoms with Crippen LogP contribution in [0, 0.1) is 0 Å². The standard InChI is InChI=1S/C17H27ClN2O2/c1-12(2)21-16-10-15(18)17(22-13(3)4)9-14(16)11-20-7-5-19-6-8-20/h9-10,12-13,19H,5-8,11H2,1-4H3. The molecule has 1 fully saturated rings. The lowest BCUT2D eigenvalue weighted by Crippen LogP contribution is -2.42. The summed E-state index contributed by atoms with van der Waals surface area (Å²) in [5.74, 6) is 1.59. The van der Waals surface area contributed by atoms with Crippen LogP contribution >= 0.6 is 11.6 Å². The van der Waals surface area contributed by atoms with E-state index in [2.05, 4.69) is 10.2 Å². The van der Waals surface area contributed by atoms with Crippen molar-refractivity contribution in [2.75, 3.05) is 26.2 Å². The lowest BCUT2D eigenvalue weighted by Gasteiger charge is -2.28. The molecule has 1 heterocycles. The first-order valence-corrected chi connectivity index (χ1v) is 8.42. The molecule has 1 aliphatic rings. The normalized spacial score (nSPS) is 16.3. The minimum Gasteiger partial charge on any atom is -0.491 e. The van der Waals surface area contributed by atoms with Crippen molar-refractivity contribution in [3.63, 3.8) is 0 Å². The second-order valence-corrected chi connectivity index (χ2v) is 6.66. The maximum Gasteiger partial charge on any atom is 0.138 e. The van der Waals surface area contributed by atoms with Crippen LogP contribution in [0.5, 0.6) is 11.5 Å². The van der Waals surface area contributed by atoms with Gasteiger partial charge in [-0.2, -0.15) is 0 Å². The van der Waals surface area contributed by atoms with E-state index < -0.39 is 0 Å². The van der Waals surface area contributed by atoms with Gasteiger partial charge in [-0.3, -0.25) is 4.90 Å². The third-order valence-corrected chi connectivity index (χ3v) is 3.74. The highest BCUT2D eigenvalue weighted by Crippen LogP contribution is 2.34. The molecule has 0 unspecified atom stereocenters. The Morgan fingerprint density at radius 2 is 1.64 bits per heavy atom. The Labute approximate surface area is 138 Å². The summed E-state index contributed by atoms with van der Waals surface area (Å²) < 4.78 is 11.8. The number of halogens is 1. The van der Waals surface area contributed by atoms with Crippen molar-refractivity contribution in [2.24, 2.45) is 0 Å². The van der Waals surface area contributed by atoms with Gasteiger partial charge in [0.05, 0.1) is 17.2 Å². The van der Waals surface area contributed by atoms with Crippen LogP contribution in [0.2, 0.25) is 5.02 Å². The third-order valence-electron chi connectivity index (χ3n) is 3.44. The van der Waals surface area contributed by atoms with E-state index in [1.807, 2.05) is 39.8 Å². The fourth-order valence-corrected chi connectivity index (χ4v) is 2.72. The maximum absolute atomic E-state index is 6.34. The number of nitrogens with one attached hydrogen (secondary N) is 1. The number of piperazine rings is 1. The average Bonchev–Trinajstić information content (AvgIpc) is 2.44. The summed E-state index contributed by atoms with van der Waals surface area (Å²) in [6.07, 6.45) is 0.219. The topological polar surface area (TPSA) is 33.7 Å². The number of nitrogens with zero attached hydrogens (tertiary/aromatic N) is 1. The van der Waals surface area contributed by atoms with Gasteiger partial charge in [-0.1, -0.05) is 11.6 Å². The van der Waals surface area contributed by atoms with Crippen LogP contribution in [0.4, 0.5) is 0 Å². The van der Waals surface area contributed by atoms with E-state index in [0.29, 0.717) is 5.02 Å². The van der Waals surface area contributed by atoms with Gasteiger partial charge in [-0.25, -0.2) is 0 Å². The Hall–Kier alpha value is -0.970. The number of benzene rings is 1. The Kier molecular flexibility index (Phi) is 6.36. The first-order valence-electron chi connectivity index (χ1n) is 8.04. The molecule has 4 nitrogen and oxygen atoms in total. The fourth-order valence-electron chi connectivity index (χ4n) is 2.52. The lowest BCUT2D eigenvalue weighted by atomic mass is 10.1. The Morgan fingerprint density at radius 3 is 2.23 bits per heavy atom. The molecule has 0 radical (unpaired) electrons. The summed E-state index contributed by atoms with van der Waals surface area (Å²) in [5, 5.41) is 3.98. The van der Waals surface area contributed by atoms with Crippen molar-refractivity contribution in [3.05, 3.63) is 22.7 Å². The molecule has 0 bridgehead atoms. The molecule has 0 aromatic heterocycles. The van der Waals surface area contributed by atoms with Gasteiger partial charge < -0.3 is 14.8 Å². The lowest BCUT2D eigenvalue weighted by molar-refractivity contribution is 0.211. The fraction of sp³-hybridized carbons (Fsp3) is 0.647. The maximum atomic E-state index is 6.34. The monoisotopic (exact) mass is 326 g/mol. The van der Waals surface area contributed by atoms with E-state index in [1.54, 1.807) is 0 Å². The molecule has 0 spiro atoms. The van der Waals surface area contributed by atoms with Crippen molar-refractivity contribution in [1.82, 2.24) is 10.2 Å². The van der Waals surface area contributed by atoms with Crippen LogP contribution in [0.25, 0.3) is 0 Å². The van der Waals surface area contributed by atoms with Gasteiger partial charge in [0.1, 0.15) is 11.5 Å². The average molecular weight is 327 g/mol. The summed E-state index contributed by atoms with van der Waals surface area (Å²) in [6.45, 7) is 13.1. The zero-order valence-electron chi connectivity index (χ0n) is 14.0. The molecular formula is C17H27ClN2O2. The van der Waals surface area contributed by atoms with Crippen molar-refractivity contribution < 1.29 is 9.47 Å². The third kappa shape index (κ3) is 5.04. The predicted molar refractivity (Wildman–Crippen MR) is 91.1 cm³/mol. The van der Waals surface area contributed by atoms with Crippen LogP contribution in [-0.2, 0) is 6.54 Å². The van der Waals surface area contributed by atoms with Crippen LogP contribution in [0.1, 0.15) is 33.3 Å². The number of hydrogen-bond donors (Lipinski definition) is 1. The summed E-state index contributed by atoms with van der Waals surface area (Å²) in [4.78, 5) is 2.42. The Bertz CT molecular complexity index is 486. The minimum atomic E-state index is 0.0985. The molecule has 1 aliphatic heterocycles. The van der Waals surface area contributed by atoms with E-state index in [4.69, 9.17) is 21.1 Å². The molecule has 0 amide bonds. The minimum absolute atomic E-state index is 0.0985. The van der Waals surface area contributed by atoms with E-state index in [9.17, 15) is 0 Å². The second kappa shape index (κ2) is 8.04. The van der Waals surface area contributed by atoms with Crippen molar-refractivity contribution in [2.45, 2.75) is 46.4 Å². The molecule has 1 aromatic carbocycles. The molecule has 1 N–H and O–H groups in total. The molecule has 1 saturated heterocycles. The highest BCUT2D eigenvalue weighted by Gasteiger charge is 2.17. The summed E-state index contributed by atoms with van der Waals surface area (Å²) in [5.41, 5.74) is 1.13. The zero-order valence-corrected chi connectivity index (χ0v) is 14.7. The van der Waals surface area contributed by atoms with Gasteiger partial charge in [-0.15, -0.1) is 0 Å². The zero-order chi connectivity index (χ0) is 16.1. The van der Waals surface area contributed by atoms with E-state index >= 15 is 0 Å².